The van der Waals surface area contributed by atoms with Crippen LogP contribution in [0.25, 0.3) is 43.8 Å². The molecule has 7 aromatic carbocycles. The maximum atomic E-state index is 2.48. The largest absolute Gasteiger partial charge is 0.247 e. The van der Waals surface area contributed by atoms with Crippen LogP contribution in [0.1, 0.15) is 0 Å². The molecule has 0 N–H and O–H groups in total. The number of rotatable bonds is 2. The average molecular weight is 555 g/mol. The van der Waals surface area contributed by atoms with Crippen LogP contribution < -0.4 is 16.4 Å². The van der Waals surface area contributed by atoms with E-state index >= 15 is 0 Å². The minimum atomic E-state index is 0.174. The average Bonchev–Trinajstić information content (AvgIpc) is 3.03. The van der Waals surface area contributed by atoms with E-state index < -0.39 is 0 Å². The molecule has 9 rings (SSSR count). The molecule has 0 saturated heterocycles. The fourth-order valence-corrected chi connectivity index (χ4v) is 9.54. The zero-order valence-corrected chi connectivity index (χ0v) is 23.8. The Morgan fingerprint density at radius 3 is 1.34 bits per heavy atom. The summed E-state index contributed by atoms with van der Waals surface area (Å²) in [6.07, 6.45) is 0. The maximum Gasteiger partial charge on any atom is 0.247 e. The third kappa shape index (κ3) is 3.53. The molecule has 2 aliphatic rings. The number of fused-ring (bicyclic) bond motifs is 6. The lowest BCUT2D eigenvalue weighted by atomic mass is 9.36. The molecule has 0 atom stereocenters. The van der Waals surface area contributed by atoms with E-state index in [0.29, 0.717) is 0 Å². The van der Waals surface area contributed by atoms with Gasteiger partial charge in [-0.05, 0) is 50.3 Å². The first kappa shape index (κ1) is 23.5. The van der Waals surface area contributed by atoms with E-state index in [-0.39, 0.29) is 6.71 Å². The fraction of sp³-hybridized carbons (Fsp3) is 0. The predicted molar refractivity (Wildman–Crippen MR) is 178 cm³/mol. The Bertz CT molecular complexity index is 2000. The third-order valence-electron chi connectivity index (χ3n) is 8.55. The summed E-state index contributed by atoms with van der Waals surface area (Å²) in [5.41, 5.74) is 9.56. The van der Waals surface area contributed by atoms with Crippen LogP contribution >= 0.6 is 23.5 Å². The van der Waals surface area contributed by atoms with Crippen LogP contribution in [0.3, 0.4) is 0 Å². The first-order valence-electron chi connectivity index (χ1n) is 14.1. The summed E-state index contributed by atoms with van der Waals surface area (Å²) < 4.78 is 0. The van der Waals surface area contributed by atoms with Gasteiger partial charge in [0.25, 0.3) is 0 Å². The standard InChI is InChI=1S/C38H23BS2/c1-3-12-24(13-4-1)34-28-18-9-7-16-26(28)22-30-37(34)40-32-20-11-21-33-36(32)39(30)31-23-27-17-8-10-19-29(27)35(38(31)41-33)25-14-5-2-6-15-25/h1-23H. The molecule has 0 saturated carbocycles. The Hall–Kier alpha value is -4.18. The van der Waals surface area contributed by atoms with Crippen LogP contribution in [0.15, 0.2) is 159 Å². The highest BCUT2D eigenvalue weighted by atomic mass is 32.2. The van der Waals surface area contributed by atoms with Gasteiger partial charge in [0.15, 0.2) is 0 Å². The van der Waals surface area contributed by atoms with Crippen molar-refractivity contribution in [3.8, 4) is 22.3 Å². The van der Waals surface area contributed by atoms with Gasteiger partial charge >= 0.3 is 0 Å². The van der Waals surface area contributed by atoms with E-state index in [4.69, 9.17) is 0 Å². The molecule has 190 valence electrons. The van der Waals surface area contributed by atoms with Gasteiger partial charge in [0.05, 0.1) is 0 Å². The predicted octanol–water partition coefficient (Wildman–Crippen LogP) is 8.77. The lowest BCUT2D eigenvalue weighted by Gasteiger charge is -2.35. The van der Waals surface area contributed by atoms with Crippen LogP contribution in [0.5, 0.6) is 0 Å². The Labute approximate surface area is 248 Å². The topological polar surface area (TPSA) is 0 Å². The normalized spacial score (nSPS) is 13.1. The molecule has 0 amide bonds. The Balaban J connectivity index is 1.42. The van der Waals surface area contributed by atoms with E-state index in [1.54, 1.807) is 0 Å². The molecule has 0 unspecified atom stereocenters. The maximum absolute atomic E-state index is 2.48. The lowest BCUT2D eigenvalue weighted by Crippen LogP contribution is -2.58. The van der Waals surface area contributed by atoms with Gasteiger partial charge in [0.2, 0.25) is 6.71 Å². The number of hydrogen-bond donors (Lipinski definition) is 0. The highest BCUT2D eigenvalue weighted by Crippen LogP contribution is 2.47. The summed E-state index contributed by atoms with van der Waals surface area (Å²) in [6, 6.07) is 51.6. The van der Waals surface area contributed by atoms with E-state index in [9.17, 15) is 0 Å². The van der Waals surface area contributed by atoms with E-state index in [0.717, 1.165) is 0 Å². The van der Waals surface area contributed by atoms with Crippen molar-refractivity contribution in [2.75, 3.05) is 0 Å². The highest BCUT2D eigenvalue weighted by molar-refractivity contribution is 8.01. The van der Waals surface area contributed by atoms with E-state index in [2.05, 4.69) is 140 Å². The van der Waals surface area contributed by atoms with Crippen LogP contribution in [-0.2, 0) is 0 Å². The summed E-state index contributed by atoms with van der Waals surface area (Å²) in [4.78, 5) is 5.52. The molecule has 0 aromatic heterocycles. The lowest BCUT2D eigenvalue weighted by molar-refractivity contribution is 1.34. The molecule has 0 spiro atoms. The Morgan fingerprint density at radius 1 is 0.415 bits per heavy atom. The van der Waals surface area contributed by atoms with Gasteiger partial charge in [0.1, 0.15) is 0 Å². The SMILES string of the molecule is c1ccc(-c2c3c(cc4ccccc24)B2c4cc5ccccc5c(-c5ccccc5)c4Sc4cccc(c42)S3)cc1. The Kier molecular flexibility index (Phi) is 5.26. The summed E-state index contributed by atoms with van der Waals surface area (Å²) in [6.45, 7) is 0.174. The summed E-state index contributed by atoms with van der Waals surface area (Å²) in [5.74, 6) is 0. The first-order valence-corrected chi connectivity index (χ1v) is 15.7. The van der Waals surface area contributed by atoms with Gasteiger partial charge in [0, 0.05) is 30.7 Å². The van der Waals surface area contributed by atoms with Gasteiger partial charge in [-0.2, -0.15) is 0 Å². The minimum Gasteiger partial charge on any atom is -0.0905 e. The monoisotopic (exact) mass is 554 g/mol. The van der Waals surface area contributed by atoms with Crippen molar-refractivity contribution in [3.63, 3.8) is 0 Å². The van der Waals surface area contributed by atoms with Crippen LogP contribution in [0, 0.1) is 0 Å². The van der Waals surface area contributed by atoms with Gasteiger partial charge in [-0.15, -0.1) is 0 Å². The fourth-order valence-electron chi connectivity index (χ4n) is 6.82. The van der Waals surface area contributed by atoms with Crippen molar-refractivity contribution in [3.05, 3.63) is 140 Å². The number of benzene rings is 7. The second kappa shape index (κ2) is 9.17. The molecule has 0 bridgehead atoms. The minimum absolute atomic E-state index is 0.174. The molecule has 0 aliphatic carbocycles. The smallest absolute Gasteiger partial charge is 0.0905 e. The molecule has 0 fully saturated rings. The van der Waals surface area contributed by atoms with Crippen molar-refractivity contribution >= 4 is 68.2 Å². The highest BCUT2D eigenvalue weighted by Gasteiger charge is 2.40. The van der Waals surface area contributed by atoms with Crippen molar-refractivity contribution < 1.29 is 0 Å². The van der Waals surface area contributed by atoms with Crippen molar-refractivity contribution in [2.24, 2.45) is 0 Å². The quantitative estimate of drug-likeness (QED) is 0.196. The number of hydrogen-bond acceptors (Lipinski definition) is 2. The van der Waals surface area contributed by atoms with Crippen LogP contribution in [0.4, 0.5) is 0 Å². The summed E-state index contributed by atoms with van der Waals surface area (Å²) >= 11 is 3.90. The van der Waals surface area contributed by atoms with E-state index in [1.165, 1.54) is 79.8 Å². The van der Waals surface area contributed by atoms with Crippen molar-refractivity contribution in [1.82, 2.24) is 0 Å². The molecule has 0 nitrogen and oxygen atoms in total. The van der Waals surface area contributed by atoms with Gasteiger partial charge in [-0.25, -0.2) is 0 Å². The van der Waals surface area contributed by atoms with Gasteiger partial charge in [-0.3, -0.25) is 0 Å². The molecule has 3 heteroatoms. The van der Waals surface area contributed by atoms with Crippen LogP contribution in [-0.4, -0.2) is 6.71 Å². The Morgan fingerprint density at radius 2 is 0.854 bits per heavy atom. The third-order valence-corrected chi connectivity index (χ3v) is 11.0. The molecule has 7 aromatic rings. The first-order chi connectivity index (χ1) is 20.3. The van der Waals surface area contributed by atoms with Crippen molar-refractivity contribution in [2.45, 2.75) is 19.6 Å². The molecule has 2 heterocycles. The zero-order valence-electron chi connectivity index (χ0n) is 22.2. The molecule has 0 radical (unpaired) electrons. The molecular formula is C38H23BS2. The van der Waals surface area contributed by atoms with E-state index in [1.807, 2.05) is 23.5 Å². The van der Waals surface area contributed by atoms with Crippen molar-refractivity contribution in [1.29, 1.82) is 0 Å². The van der Waals surface area contributed by atoms with Gasteiger partial charge < -0.3 is 0 Å². The molecule has 41 heavy (non-hydrogen) atoms. The van der Waals surface area contributed by atoms with Gasteiger partial charge in [-0.1, -0.05) is 162 Å². The molecule has 2 aliphatic heterocycles. The zero-order chi connectivity index (χ0) is 26.9. The second-order valence-corrected chi connectivity index (χ2v) is 12.9. The second-order valence-electron chi connectivity index (χ2n) is 10.8. The summed E-state index contributed by atoms with van der Waals surface area (Å²) in [7, 11) is 0. The molecular weight excluding hydrogens is 531 g/mol. The summed E-state index contributed by atoms with van der Waals surface area (Å²) in [5, 5.41) is 5.24. The van der Waals surface area contributed by atoms with Crippen LogP contribution in [0.2, 0.25) is 0 Å².